The second-order valence-electron chi connectivity index (χ2n) is 7.80. The largest absolute Gasteiger partial charge is 0.424 e. The number of rotatable bonds is 5. The van der Waals surface area contributed by atoms with E-state index in [1.54, 1.807) is 25.4 Å². The van der Waals surface area contributed by atoms with E-state index in [0.29, 0.717) is 22.9 Å². The molecule has 0 aliphatic carbocycles. The van der Waals surface area contributed by atoms with E-state index in [4.69, 9.17) is 10.5 Å². The Morgan fingerprint density at radius 2 is 1.67 bits per heavy atom. The van der Waals surface area contributed by atoms with E-state index in [2.05, 4.69) is 37.1 Å². The molecule has 2 aromatic carbocycles. The van der Waals surface area contributed by atoms with Crippen LogP contribution in [0.4, 0.5) is 11.5 Å². The van der Waals surface area contributed by atoms with Gasteiger partial charge in [0.1, 0.15) is 23.5 Å². The Morgan fingerprint density at radius 3 is 2.36 bits per heavy atom. The molecule has 0 aliphatic rings. The molecular formula is C27H21N7O2. The number of carbonyl (C=O) groups is 1. The van der Waals surface area contributed by atoms with Crippen molar-refractivity contribution in [1.29, 1.82) is 0 Å². The monoisotopic (exact) mass is 475 g/mol. The van der Waals surface area contributed by atoms with Gasteiger partial charge in [-0.25, -0.2) is 19.9 Å². The van der Waals surface area contributed by atoms with Crippen molar-refractivity contribution >= 4 is 28.4 Å². The number of nitrogens with zero attached hydrogens (tertiary/aromatic N) is 5. The third-order valence-corrected chi connectivity index (χ3v) is 5.55. The quantitative estimate of drug-likeness (QED) is 0.361. The van der Waals surface area contributed by atoms with E-state index in [-0.39, 0.29) is 11.9 Å². The summed E-state index contributed by atoms with van der Waals surface area (Å²) in [5.41, 5.74) is 11.3. The van der Waals surface area contributed by atoms with Gasteiger partial charge in [-0.1, -0.05) is 30.2 Å². The molecule has 0 spiro atoms. The van der Waals surface area contributed by atoms with Crippen LogP contribution in [0.1, 0.15) is 6.92 Å². The van der Waals surface area contributed by atoms with Gasteiger partial charge in [0, 0.05) is 30.7 Å². The van der Waals surface area contributed by atoms with E-state index < -0.39 is 0 Å². The van der Waals surface area contributed by atoms with Gasteiger partial charge in [-0.15, -0.1) is 0 Å². The summed E-state index contributed by atoms with van der Waals surface area (Å²) in [6, 6.07) is 17.1. The molecule has 176 valence electrons. The molecule has 3 aromatic heterocycles. The van der Waals surface area contributed by atoms with Crippen molar-refractivity contribution in [1.82, 2.24) is 24.5 Å². The number of amides is 1. The summed E-state index contributed by atoms with van der Waals surface area (Å²) in [6.45, 7) is 1.62. The number of nitrogens with two attached hydrogens (primary N) is 1. The van der Waals surface area contributed by atoms with Gasteiger partial charge in [0.05, 0.1) is 11.1 Å². The molecule has 9 heteroatoms. The maximum atomic E-state index is 11.8. The van der Waals surface area contributed by atoms with Crippen LogP contribution in [0, 0.1) is 11.8 Å². The van der Waals surface area contributed by atoms with Gasteiger partial charge in [0.2, 0.25) is 0 Å². The first-order chi connectivity index (χ1) is 17.5. The molecule has 0 saturated heterocycles. The summed E-state index contributed by atoms with van der Waals surface area (Å²) in [5.74, 6) is 5.69. The predicted octanol–water partition coefficient (Wildman–Crippen LogP) is 4.43. The number of carbonyl (C=O) groups excluding carboxylic acids is 1. The highest BCUT2D eigenvalue weighted by molar-refractivity contribution is 6.08. The minimum atomic E-state index is -0.359. The Morgan fingerprint density at radius 1 is 0.972 bits per heavy atom. The minimum absolute atomic E-state index is 0.269. The topological polar surface area (TPSA) is 121 Å². The van der Waals surface area contributed by atoms with Crippen LogP contribution in [0.5, 0.6) is 11.8 Å². The molecule has 5 rings (SSSR count). The van der Waals surface area contributed by atoms with Crippen molar-refractivity contribution in [3.63, 3.8) is 0 Å². The summed E-state index contributed by atoms with van der Waals surface area (Å²) in [4.78, 5) is 28.7. The Bertz CT molecular complexity index is 1620. The SMILES string of the molecule is CC#CC(=O)Nc1ccc(-c2c(-c3ccc(Oc4ncccn4)cc3)c3c(N)ncnc3n2C)cc1. The first-order valence-electron chi connectivity index (χ1n) is 11.0. The lowest BCUT2D eigenvalue weighted by Gasteiger charge is -2.11. The zero-order chi connectivity index (χ0) is 25.1. The van der Waals surface area contributed by atoms with Crippen molar-refractivity contribution in [3.05, 3.63) is 73.3 Å². The minimum Gasteiger partial charge on any atom is -0.424 e. The Hall–Kier alpha value is -5.23. The van der Waals surface area contributed by atoms with E-state index in [1.165, 1.54) is 6.33 Å². The van der Waals surface area contributed by atoms with Crippen molar-refractivity contribution in [2.45, 2.75) is 6.92 Å². The molecular weight excluding hydrogens is 454 g/mol. The van der Waals surface area contributed by atoms with Crippen LogP contribution in [-0.2, 0) is 11.8 Å². The molecule has 5 aromatic rings. The van der Waals surface area contributed by atoms with Gasteiger partial charge in [-0.3, -0.25) is 4.79 Å². The first-order valence-corrected chi connectivity index (χ1v) is 11.0. The van der Waals surface area contributed by atoms with Gasteiger partial charge in [-0.2, -0.15) is 0 Å². The fraction of sp³-hybridized carbons (Fsp3) is 0.0741. The fourth-order valence-electron chi connectivity index (χ4n) is 4.02. The molecule has 36 heavy (non-hydrogen) atoms. The van der Waals surface area contributed by atoms with Crippen LogP contribution in [0.25, 0.3) is 33.4 Å². The van der Waals surface area contributed by atoms with Crippen molar-refractivity contribution < 1.29 is 9.53 Å². The molecule has 3 N–H and O–H groups in total. The van der Waals surface area contributed by atoms with Gasteiger partial charge in [0.15, 0.2) is 0 Å². The number of ether oxygens (including phenoxy) is 1. The fourth-order valence-corrected chi connectivity index (χ4v) is 4.02. The molecule has 0 bridgehead atoms. The molecule has 0 unspecified atom stereocenters. The predicted molar refractivity (Wildman–Crippen MR) is 138 cm³/mol. The molecule has 0 fully saturated rings. The van der Waals surface area contributed by atoms with Crippen molar-refractivity contribution in [3.8, 4) is 46.0 Å². The number of hydrogen-bond donors (Lipinski definition) is 2. The summed E-state index contributed by atoms with van der Waals surface area (Å²) in [5, 5.41) is 3.51. The number of anilines is 2. The maximum Gasteiger partial charge on any atom is 0.321 e. The van der Waals surface area contributed by atoms with Gasteiger partial charge in [-0.05, 0) is 54.3 Å². The number of aromatic nitrogens is 5. The third-order valence-electron chi connectivity index (χ3n) is 5.55. The summed E-state index contributed by atoms with van der Waals surface area (Å²) in [7, 11) is 1.93. The lowest BCUT2D eigenvalue weighted by molar-refractivity contribution is -0.111. The third kappa shape index (κ3) is 4.31. The van der Waals surface area contributed by atoms with Crippen LogP contribution < -0.4 is 15.8 Å². The number of nitrogen functional groups attached to an aromatic ring is 1. The molecule has 0 aliphatic heterocycles. The van der Waals surface area contributed by atoms with E-state index in [9.17, 15) is 4.79 Å². The molecule has 3 heterocycles. The maximum absolute atomic E-state index is 11.8. The highest BCUT2D eigenvalue weighted by atomic mass is 16.5. The van der Waals surface area contributed by atoms with Crippen LogP contribution >= 0.6 is 0 Å². The second-order valence-corrected chi connectivity index (χ2v) is 7.80. The zero-order valence-corrected chi connectivity index (χ0v) is 19.6. The van der Waals surface area contributed by atoms with Crippen LogP contribution in [0.3, 0.4) is 0 Å². The van der Waals surface area contributed by atoms with E-state index >= 15 is 0 Å². The molecule has 0 radical (unpaired) electrons. The van der Waals surface area contributed by atoms with Gasteiger partial charge in [0.25, 0.3) is 5.91 Å². The highest BCUT2D eigenvalue weighted by Crippen LogP contribution is 2.42. The Kier molecular flexibility index (Phi) is 5.99. The summed E-state index contributed by atoms with van der Waals surface area (Å²) < 4.78 is 7.73. The highest BCUT2D eigenvalue weighted by Gasteiger charge is 2.22. The lowest BCUT2D eigenvalue weighted by atomic mass is 9.98. The summed E-state index contributed by atoms with van der Waals surface area (Å²) in [6.07, 6.45) is 4.70. The normalized spacial score (nSPS) is 10.5. The molecule has 0 atom stereocenters. The standard InChI is InChI=1S/C27H21N7O2/c1-3-5-21(35)33-19-10-6-18(7-11-19)24-22(23-25(28)31-16-32-26(23)34(24)2)17-8-12-20(13-9-17)36-27-29-14-4-15-30-27/h4,6-16H,1-2H3,(H,33,35)(H2,28,31,32). The number of fused-ring (bicyclic) bond motifs is 1. The molecule has 9 nitrogen and oxygen atoms in total. The van der Waals surface area contributed by atoms with Gasteiger partial charge < -0.3 is 20.4 Å². The second kappa shape index (κ2) is 9.56. The number of aryl methyl sites for hydroxylation is 1. The summed E-state index contributed by atoms with van der Waals surface area (Å²) >= 11 is 0. The van der Waals surface area contributed by atoms with Crippen molar-refractivity contribution in [2.75, 3.05) is 11.1 Å². The number of hydrogen-bond acceptors (Lipinski definition) is 7. The lowest BCUT2D eigenvalue weighted by Crippen LogP contribution is -2.08. The zero-order valence-electron chi connectivity index (χ0n) is 19.6. The molecule has 1 amide bonds. The average Bonchev–Trinajstić information content (AvgIpc) is 3.19. The van der Waals surface area contributed by atoms with Crippen LogP contribution in [0.2, 0.25) is 0 Å². The van der Waals surface area contributed by atoms with Gasteiger partial charge >= 0.3 is 6.01 Å². The Balaban J connectivity index is 1.58. The number of nitrogens with one attached hydrogen (secondary N) is 1. The van der Waals surface area contributed by atoms with E-state index in [0.717, 1.165) is 27.8 Å². The first kappa shape index (κ1) is 22.6. The average molecular weight is 476 g/mol. The number of benzene rings is 2. The van der Waals surface area contributed by atoms with Crippen LogP contribution in [0.15, 0.2) is 73.3 Å². The Labute approximate surface area is 207 Å². The van der Waals surface area contributed by atoms with Crippen LogP contribution in [-0.4, -0.2) is 30.4 Å². The van der Waals surface area contributed by atoms with E-state index in [1.807, 2.05) is 60.1 Å². The smallest absolute Gasteiger partial charge is 0.321 e. The molecule has 0 saturated carbocycles. The van der Waals surface area contributed by atoms with Crippen molar-refractivity contribution in [2.24, 2.45) is 7.05 Å².